The lowest BCUT2D eigenvalue weighted by molar-refractivity contribution is 0.431. The van der Waals surface area contributed by atoms with Gasteiger partial charge in [-0.25, -0.2) is 0 Å². The Morgan fingerprint density at radius 2 is 2.00 bits per heavy atom. The van der Waals surface area contributed by atoms with Crippen molar-refractivity contribution in [3.8, 4) is 0 Å². The van der Waals surface area contributed by atoms with Crippen LogP contribution in [-0.2, 0) is 0 Å². The van der Waals surface area contributed by atoms with Gasteiger partial charge in [-0.3, -0.25) is 0 Å². The Morgan fingerprint density at radius 3 is 2.58 bits per heavy atom. The maximum absolute atomic E-state index is 13.0. The second-order valence-corrected chi connectivity index (χ2v) is 4.05. The molecule has 2 nitrogen and oxygen atoms in total. The molecule has 12 heavy (non-hydrogen) atoms. The molecule has 2 rings (SSSR count). The van der Waals surface area contributed by atoms with E-state index in [4.69, 9.17) is 0 Å². The van der Waals surface area contributed by atoms with E-state index in [0.29, 0.717) is 5.92 Å². The molecule has 0 spiro atoms. The summed E-state index contributed by atoms with van der Waals surface area (Å²) >= 11 is 1.22. The maximum Gasteiger partial charge on any atom is 0.249 e. The highest BCUT2D eigenvalue weighted by Gasteiger charge is 2.21. The van der Waals surface area contributed by atoms with E-state index in [0.717, 1.165) is 17.7 Å². The molecule has 0 radical (unpaired) electrons. The Bertz CT molecular complexity index is 255. The number of hydrogen-bond donors (Lipinski definition) is 0. The van der Waals surface area contributed by atoms with E-state index < -0.39 is 0 Å². The molecule has 1 aromatic heterocycles. The van der Waals surface area contributed by atoms with E-state index in [9.17, 15) is 4.39 Å². The van der Waals surface area contributed by atoms with E-state index in [1.54, 1.807) is 0 Å². The Labute approximate surface area is 75.0 Å². The minimum absolute atomic E-state index is 0.341. The quantitative estimate of drug-likeness (QED) is 0.674. The third-order valence-corrected chi connectivity index (χ3v) is 3.31. The predicted molar refractivity (Wildman–Crippen MR) is 45.7 cm³/mol. The molecular formula is C8H11FN2S. The molecule has 0 saturated heterocycles. The highest BCUT2D eigenvalue weighted by Crippen LogP contribution is 2.34. The second-order valence-electron chi connectivity index (χ2n) is 3.26. The molecule has 0 unspecified atom stereocenters. The van der Waals surface area contributed by atoms with Crippen molar-refractivity contribution in [2.45, 2.75) is 38.0 Å². The summed E-state index contributed by atoms with van der Waals surface area (Å²) in [5, 5.41) is 3.39. The zero-order valence-electron chi connectivity index (χ0n) is 6.79. The summed E-state index contributed by atoms with van der Waals surface area (Å²) in [5.74, 6) is 0.0608. The van der Waals surface area contributed by atoms with Gasteiger partial charge in [-0.2, -0.15) is 4.39 Å². The molecule has 0 aliphatic heterocycles. The zero-order valence-corrected chi connectivity index (χ0v) is 7.61. The molecule has 1 aliphatic rings. The Morgan fingerprint density at radius 1 is 1.25 bits per heavy atom. The van der Waals surface area contributed by atoms with Gasteiger partial charge in [0.15, 0.2) is 0 Å². The number of aromatic nitrogens is 2. The van der Waals surface area contributed by atoms with Crippen LogP contribution in [0.4, 0.5) is 4.39 Å². The summed E-state index contributed by atoms with van der Waals surface area (Å²) in [7, 11) is 0. The zero-order chi connectivity index (χ0) is 8.39. The number of nitrogens with zero attached hydrogens (tertiary/aromatic N) is 2. The summed E-state index contributed by atoms with van der Waals surface area (Å²) < 4.78 is 16.6. The van der Waals surface area contributed by atoms with Crippen molar-refractivity contribution in [1.29, 1.82) is 0 Å². The third kappa shape index (κ3) is 1.48. The van der Waals surface area contributed by atoms with Crippen LogP contribution in [-0.4, -0.2) is 9.59 Å². The Kier molecular flexibility index (Phi) is 2.35. The van der Waals surface area contributed by atoms with Crippen molar-refractivity contribution < 1.29 is 4.39 Å². The van der Waals surface area contributed by atoms with Gasteiger partial charge in [-0.1, -0.05) is 23.8 Å². The average Bonchev–Trinajstić information content (AvgIpc) is 2.53. The van der Waals surface area contributed by atoms with Crippen LogP contribution < -0.4 is 0 Å². The summed E-state index contributed by atoms with van der Waals surface area (Å²) in [6.07, 6.45) is 5.97. The third-order valence-electron chi connectivity index (χ3n) is 2.45. The van der Waals surface area contributed by atoms with E-state index in [1.807, 2.05) is 0 Å². The first-order valence-corrected chi connectivity index (χ1v) is 5.13. The lowest BCUT2D eigenvalue weighted by Crippen LogP contribution is -2.04. The maximum atomic E-state index is 13.0. The fourth-order valence-electron chi connectivity index (χ4n) is 1.79. The lowest BCUT2D eigenvalue weighted by atomic mass is 9.88. The van der Waals surface area contributed by atoms with Crippen LogP contribution in [0.3, 0.4) is 0 Å². The van der Waals surface area contributed by atoms with Crippen LogP contribution in [0.1, 0.15) is 42.9 Å². The van der Waals surface area contributed by atoms with Gasteiger partial charge in [-0.05, 0) is 30.3 Å². The van der Waals surface area contributed by atoms with Crippen LogP contribution in [0, 0.1) is 5.95 Å². The molecular weight excluding hydrogens is 175 g/mol. The molecule has 1 fully saturated rings. The monoisotopic (exact) mass is 186 g/mol. The second kappa shape index (κ2) is 3.47. The number of hydrogen-bond acceptors (Lipinski definition) is 3. The molecule has 0 bridgehead atoms. The van der Waals surface area contributed by atoms with Gasteiger partial charge in [0.2, 0.25) is 5.95 Å². The molecule has 0 atom stereocenters. The SMILES string of the molecule is Fc1nnsc1C1CCCCC1. The molecule has 0 aromatic carbocycles. The van der Waals surface area contributed by atoms with E-state index in [2.05, 4.69) is 9.59 Å². The van der Waals surface area contributed by atoms with Crippen molar-refractivity contribution in [2.75, 3.05) is 0 Å². The molecule has 1 saturated carbocycles. The van der Waals surface area contributed by atoms with Crippen molar-refractivity contribution in [3.05, 3.63) is 10.8 Å². The fraction of sp³-hybridized carbons (Fsp3) is 0.750. The first-order valence-electron chi connectivity index (χ1n) is 4.35. The first-order chi connectivity index (χ1) is 5.88. The predicted octanol–water partition coefficient (Wildman–Crippen LogP) is 2.72. The highest BCUT2D eigenvalue weighted by atomic mass is 32.1. The average molecular weight is 186 g/mol. The largest absolute Gasteiger partial charge is 0.249 e. The summed E-state index contributed by atoms with van der Waals surface area (Å²) in [5.41, 5.74) is 0. The molecule has 1 aromatic rings. The van der Waals surface area contributed by atoms with Gasteiger partial charge >= 0.3 is 0 Å². The minimum Gasteiger partial charge on any atom is -0.182 e. The van der Waals surface area contributed by atoms with Crippen LogP contribution in [0.5, 0.6) is 0 Å². The van der Waals surface area contributed by atoms with E-state index in [-0.39, 0.29) is 5.95 Å². The lowest BCUT2D eigenvalue weighted by Gasteiger charge is -2.18. The van der Waals surface area contributed by atoms with Gasteiger partial charge < -0.3 is 0 Å². The fourth-order valence-corrected chi connectivity index (χ4v) is 2.50. The smallest absolute Gasteiger partial charge is 0.182 e. The molecule has 0 N–H and O–H groups in total. The summed E-state index contributed by atoms with van der Waals surface area (Å²) in [4.78, 5) is 0.773. The number of rotatable bonds is 1. The van der Waals surface area contributed by atoms with Gasteiger partial charge in [-0.15, -0.1) is 5.10 Å². The van der Waals surface area contributed by atoms with Crippen molar-refractivity contribution >= 4 is 11.5 Å². The van der Waals surface area contributed by atoms with E-state index >= 15 is 0 Å². The van der Waals surface area contributed by atoms with Gasteiger partial charge in [0.25, 0.3) is 0 Å². The molecule has 66 valence electrons. The Hall–Kier alpha value is -0.510. The molecule has 1 heterocycles. The van der Waals surface area contributed by atoms with Crippen LogP contribution >= 0.6 is 11.5 Å². The van der Waals surface area contributed by atoms with Crippen LogP contribution in [0.2, 0.25) is 0 Å². The summed E-state index contributed by atoms with van der Waals surface area (Å²) in [6, 6.07) is 0. The van der Waals surface area contributed by atoms with E-state index in [1.165, 1.54) is 30.8 Å². The van der Waals surface area contributed by atoms with Crippen LogP contribution in [0.25, 0.3) is 0 Å². The van der Waals surface area contributed by atoms with Gasteiger partial charge in [0, 0.05) is 0 Å². The molecule has 1 aliphatic carbocycles. The van der Waals surface area contributed by atoms with Crippen molar-refractivity contribution in [1.82, 2.24) is 9.59 Å². The van der Waals surface area contributed by atoms with Crippen molar-refractivity contribution in [2.24, 2.45) is 0 Å². The first kappa shape index (κ1) is 8.10. The van der Waals surface area contributed by atoms with Crippen molar-refractivity contribution in [3.63, 3.8) is 0 Å². The topological polar surface area (TPSA) is 25.8 Å². The normalized spacial score (nSPS) is 19.8. The highest BCUT2D eigenvalue weighted by molar-refractivity contribution is 7.05. The molecule has 0 amide bonds. The Balaban J connectivity index is 2.13. The number of halogens is 1. The van der Waals surface area contributed by atoms with Gasteiger partial charge in [0.1, 0.15) is 0 Å². The molecule has 4 heteroatoms. The standard InChI is InChI=1S/C8H11FN2S/c9-8-7(12-11-10-8)6-4-2-1-3-5-6/h6H,1-5H2. The van der Waals surface area contributed by atoms with Gasteiger partial charge in [0.05, 0.1) is 4.88 Å². The minimum atomic E-state index is -0.341. The summed E-state index contributed by atoms with van der Waals surface area (Å²) in [6.45, 7) is 0. The van der Waals surface area contributed by atoms with Crippen LogP contribution in [0.15, 0.2) is 0 Å².